The molecule has 1 aromatic rings. The second-order valence-electron chi connectivity index (χ2n) is 4.63. The minimum absolute atomic E-state index is 0.118. The van der Waals surface area contributed by atoms with E-state index in [1.807, 2.05) is 0 Å². The van der Waals surface area contributed by atoms with Gasteiger partial charge in [0.1, 0.15) is 0 Å². The van der Waals surface area contributed by atoms with Crippen LogP contribution in [0.3, 0.4) is 0 Å². The Bertz CT molecular complexity index is 472. The first kappa shape index (κ1) is 13.9. The summed E-state index contributed by atoms with van der Waals surface area (Å²) in [5, 5.41) is 5.68. The Morgan fingerprint density at radius 2 is 2.00 bits per heavy atom. The van der Waals surface area contributed by atoms with Crippen LogP contribution in [0.2, 0.25) is 0 Å². The molecule has 0 saturated heterocycles. The van der Waals surface area contributed by atoms with Gasteiger partial charge in [-0.15, -0.1) is 11.6 Å². The van der Waals surface area contributed by atoms with E-state index in [1.54, 1.807) is 24.3 Å². The van der Waals surface area contributed by atoms with Gasteiger partial charge in [-0.1, -0.05) is 12.1 Å². The monoisotopic (exact) mass is 280 g/mol. The summed E-state index contributed by atoms with van der Waals surface area (Å²) >= 11 is 5.55. The van der Waals surface area contributed by atoms with Gasteiger partial charge in [0, 0.05) is 18.3 Å². The molecule has 0 aliphatic heterocycles. The average molecular weight is 281 g/mol. The van der Waals surface area contributed by atoms with Crippen molar-refractivity contribution in [3.63, 3.8) is 0 Å². The number of nitrogens with one attached hydrogen (secondary N) is 2. The molecule has 1 aromatic carbocycles. The fraction of sp³-hybridized carbons (Fsp3) is 0.429. The lowest BCUT2D eigenvalue weighted by Crippen LogP contribution is -2.26. The number of benzene rings is 1. The summed E-state index contributed by atoms with van der Waals surface area (Å²) in [6.07, 6.45) is 3.07. The standard InChI is InChI=1S/C14H17ClN2O2/c15-9-3-6-13(18)17-12-5-2-1-4-11(12)14(19)16-10-7-8-10/h1-2,4-5,10H,3,6-9H2,(H,16,19)(H,17,18). The molecule has 0 atom stereocenters. The second-order valence-corrected chi connectivity index (χ2v) is 5.01. The molecule has 2 N–H and O–H groups in total. The number of halogens is 1. The number of hydrogen-bond acceptors (Lipinski definition) is 2. The molecule has 0 aromatic heterocycles. The first-order valence-corrected chi connectivity index (χ1v) is 7.00. The number of hydrogen-bond donors (Lipinski definition) is 2. The van der Waals surface area contributed by atoms with Gasteiger partial charge in [0.15, 0.2) is 0 Å². The topological polar surface area (TPSA) is 58.2 Å². The third-order valence-electron chi connectivity index (χ3n) is 2.90. The number of rotatable bonds is 6. The smallest absolute Gasteiger partial charge is 0.253 e. The molecule has 2 amide bonds. The second kappa shape index (κ2) is 6.57. The Balaban J connectivity index is 2.02. The van der Waals surface area contributed by atoms with Crippen LogP contribution in [-0.4, -0.2) is 23.7 Å². The summed E-state index contributed by atoms with van der Waals surface area (Å²) in [4.78, 5) is 23.7. The van der Waals surface area contributed by atoms with Crippen molar-refractivity contribution >= 4 is 29.1 Å². The van der Waals surface area contributed by atoms with E-state index in [0.717, 1.165) is 12.8 Å². The van der Waals surface area contributed by atoms with Crippen LogP contribution in [0.15, 0.2) is 24.3 Å². The fourth-order valence-electron chi connectivity index (χ4n) is 1.72. The van der Waals surface area contributed by atoms with Gasteiger partial charge in [-0.3, -0.25) is 9.59 Å². The number of anilines is 1. The lowest BCUT2D eigenvalue weighted by atomic mass is 10.1. The number of alkyl halides is 1. The zero-order chi connectivity index (χ0) is 13.7. The lowest BCUT2D eigenvalue weighted by Gasteiger charge is -2.10. The van der Waals surface area contributed by atoms with Crippen molar-refractivity contribution in [1.82, 2.24) is 5.32 Å². The summed E-state index contributed by atoms with van der Waals surface area (Å²) in [5.74, 6) is 0.208. The van der Waals surface area contributed by atoms with Crippen LogP contribution in [-0.2, 0) is 4.79 Å². The van der Waals surface area contributed by atoms with Gasteiger partial charge in [0.25, 0.3) is 5.91 Å². The normalized spacial score (nSPS) is 13.9. The van der Waals surface area contributed by atoms with E-state index in [9.17, 15) is 9.59 Å². The minimum atomic E-state index is -0.129. The molecule has 5 heteroatoms. The Labute approximate surface area is 117 Å². The largest absolute Gasteiger partial charge is 0.349 e. The predicted octanol–water partition coefficient (Wildman–Crippen LogP) is 2.54. The average Bonchev–Trinajstić information content (AvgIpc) is 3.21. The fourth-order valence-corrected chi connectivity index (χ4v) is 1.85. The van der Waals surface area contributed by atoms with Crippen LogP contribution >= 0.6 is 11.6 Å². The van der Waals surface area contributed by atoms with Gasteiger partial charge < -0.3 is 10.6 Å². The van der Waals surface area contributed by atoms with Crippen LogP contribution in [0.5, 0.6) is 0 Å². The summed E-state index contributed by atoms with van der Waals surface area (Å²) in [5.41, 5.74) is 1.06. The van der Waals surface area contributed by atoms with Crippen LogP contribution < -0.4 is 10.6 Å². The molecule has 0 radical (unpaired) electrons. The Kier molecular flexibility index (Phi) is 4.80. The SMILES string of the molecule is O=C(CCCCl)Nc1ccccc1C(=O)NC1CC1. The van der Waals surface area contributed by atoms with Crippen molar-refractivity contribution in [2.45, 2.75) is 31.7 Å². The van der Waals surface area contributed by atoms with Crippen LogP contribution in [0.25, 0.3) is 0 Å². The third-order valence-corrected chi connectivity index (χ3v) is 3.16. The molecular weight excluding hydrogens is 264 g/mol. The van der Waals surface area contributed by atoms with E-state index >= 15 is 0 Å². The molecule has 4 nitrogen and oxygen atoms in total. The summed E-state index contributed by atoms with van der Waals surface area (Å²) < 4.78 is 0. The number of para-hydroxylation sites is 1. The molecule has 102 valence electrons. The molecule has 2 rings (SSSR count). The van der Waals surface area contributed by atoms with Gasteiger partial charge in [0.05, 0.1) is 11.3 Å². The quantitative estimate of drug-likeness (QED) is 0.787. The highest BCUT2D eigenvalue weighted by atomic mass is 35.5. The summed E-state index contributed by atoms with van der Waals surface area (Å²) in [6, 6.07) is 7.34. The molecule has 1 aliphatic carbocycles. The zero-order valence-corrected chi connectivity index (χ0v) is 11.4. The molecule has 0 unspecified atom stereocenters. The first-order valence-electron chi connectivity index (χ1n) is 6.46. The van der Waals surface area contributed by atoms with Crippen LogP contribution in [0, 0.1) is 0 Å². The number of carbonyl (C=O) groups is 2. The van der Waals surface area contributed by atoms with Crippen molar-refractivity contribution in [2.75, 3.05) is 11.2 Å². The maximum atomic E-state index is 12.0. The van der Waals surface area contributed by atoms with E-state index in [2.05, 4.69) is 10.6 Å². The van der Waals surface area contributed by atoms with Crippen molar-refractivity contribution in [3.8, 4) is 0 Å². The summed E-state index contributed by atoms with van der Waals surface area (Å²) in [7, 11) is 0. The minimum Gasteiger partial charge on any atom is -0.349 e. The van der Waals surface area contributed by atoms with Gasteiger partial charge in [0.2, 0.25) is 5.91 Å². The maximum absolute atomic E-state index is 12.0. The zero-order valence-electron chi connectivity index (χ0n) is 10.6. The van der Waals surface area contributed by atoms with E-state index in [-0.39, 0.29) is 11.8 Å². The van der Waals surface area contributed by atoms with Crippen LogP contribution in [0.4, 0.5) is 5.69 Å². The van der Waals surface area contributed by atoms with Gasteiger partial charge >= 0.3 is 0 Å². The van der Waals surface area contributed by atoms with Crippen molar-refractivity contribution < 1.29 is 9.59 Å². The maximum Gasteiger partial charge on any atom is 0.253 e. The number of amides is 2. The Morgan fingerprint density at radius 1 is 1.26 bits per heavy atom. The van der Waals surface area contributed by atoms with E-state index < -0.39 is 0 Å². The highest BCUT2D eigenvalue weighted by Crippen LogP contribution is 2.21. The molecular formula is C14H17ClN2O2. The Morgan fingerprint density at radius 3 is 2.68 bits per heavy atom. The van der Waals surface area contributed by atoms with Crippen LogP contribution in [0.1, 0.15) is 36.0 Å². The van der Waals surface area contributed by atoms with Crippen molar-refractivity contribution in [3.05, 3.63) is 29.8 Å². The molecule has 1 saturated carbocycles. The molecule has 1 aliphatic rings. The Hall–Kier alpha value is -1.55. The van der Waals surface area contributed by atoms with Crippen molar-refractivity contribution in [1.29, 1.82) is 0 Å². The highest BCUT2D eigenvalue weighted by Gasteiger charge is 2.24. The van der Waals surface area contributed by atoms with Gasteiger partial charge in [-0.05, 0) is 31.4 Å². The van der Waals surface area contributed by atoms with Gasteiger partial charge in [-0.2, -0.15) is 0 Å². The van der Waals surface area contributed by atoms with E-state index in [0.29, 0.717) is 36.0 Å². The van der Waals surface area contributed by atoms with E-state index in [4.69, 9.17) is 11.6 Å². The summed E-state index contributed by atoms with van der Waals surface area (Å²) in [6.45, 7) is 0. The predicted molar refractivity (Wildman–Crippen MR) is 75.5 cm³/mol. The molecule has 0 heterocycles. The molecule has 0 bridgehead atoms. The van der Waals surface area contributed by atoms with E-state index in [1.165, 1.54) is 0 Å². The molecule has 0 spiro atoms. The van der Waals surface area contributed by atoms with Crippen molar-refractivity contribution in [2.24, 2.45) is 0 Å². The van der Waals surface area contributed by atoms with Gasteiger partial charge in [-0.25, -0.2) is 0 Å². The number of carbonyl (C=O) groups excluding carboxylic acids is 2. The highest BCUT2D eigenvalue weighted by molar-refractivity contribution is 6.18. The molecule has 19 heavy (non-hydrogen) atoms. The molecule has 1 fully saturated rings. The lowest BCUT2D eigenvalue weighted by molar-refractivity contribution is -0.116. The first-order chi connectivity index (χ1) is 9.20. The third kappa shape index (κ3) is 4.24.